The smallest absolute Gasteiger partial charge is 0.274 e. The van der Waals surface area contributed by atoms with Crippen LogP contribution in [-0.2, 0) is 13.1 Å². The maximum atomic E-state index is 12.9. The summed E-state index contributed by atoms with van der Waals surface area (Å²) in [6, 6.07) is 7.15. The van der Waals surface area contributed by atoms with Gasteiger partial charge in [-0.2, -0.15) is 0 Å². The Bertz CT molecular complexity index is 1130. The number of rotatable bonds is 9. The quantitative estimate of drug-likeness (QED) is 0.420. The van der Waals surface area contributed by atoms with Crippen molar-refractivity contribution in [2.75, 3.05) is 30.5 Å². The average molecular weight is 484 g/mol. The summed E-state index contributed by atoms with van der Waals surface area (Å²) in [6.07, 6.45) is 6.63. The van der Waals surface area contributed by atoms with Crippen molar-refractivity contribution < 1.29 is 14.6 Å². The molecular weight excluding hydrogens is 458 g/mol. The number of amides is 1. The Morgan fingerprint density at radius 3 is 2.82 bits per heavy atom. The van der Waals surface area contributed by atoms with Crippen LogP contribution in [-0.4, -0.2) is 57.3 Å². The lowest BCUT2D eigenvalue weighted by Gasteiger charge is -2.24. The van der Waals surface area contributed by atoms with Gasteiger partial charge >= 0.3 is 0 Å². The molecular formula is C23H26ClN7O3. The number of carbonyl (C=O) groups is 1. The second-order valence-corrected chi connectivity index (χ2v) is 8.17. The fourth-order valence-corrected chi connectivity index (χ4v) is 4.08. The van der Waals surface area contributed by atoms with Gasteiger partial charge in [0.15, 0.2) is 11.5 Å². The first-order valence-corrected chi connectivity index (χ1v) is 11.3. The van der Waals surface area contributed by atoms with Crippen LogP contribution in [0.1, 0.15) is 34.7 Å². The third-order valence-electron chi connectivity index (χ3n) is 5.56. The number of benzene rings is 1. The van der Waals surface area contributed by atoms with E-state index < -0.39 is 5.91 Å². The third-order valence-corrected chi connectivity index (χ3v) is 5.85. The molecule has 0 bridgehead atoms. The molecule has 2 aromatic heterocycles. The zero-order chi connectivity index (χ0) is 23.9. The Morgan fingerprint density at radius 1 is 1.26 bits per heavy atom. The highest BCUT2D eigenvalue weighted by Crippen LogP contribution is 2.27. The first kappa shape index (κ1) is 23.7. The molecule has 0 spiro atoms. The van der Waals surface area contributed by atoms with Crippen LogP contribution in [0.15, 0.2) is 42.9 Å². The Labute approximate surface area is 202 Å². The fraction of sp³-hybridized carbons (Fsp3) is 0.348. The highest BCUT2D eigenvalue weighted by atomic mass is 35.5. The van der Waals surface area contributed by atoms with E-state index in [-0.39, 0.29) is 24.9 Å². The minimum Gasteiger partial charge on any atom is -0.495 e. The lowest BCUT2D eigenvalue weighted by Crippen LogP contribution is -2.33. The number of carbonyl (C=O) groups excluding carboxylic acids is 1. The maximum Gasteiger partial charge on any atom is 0.274 e. The molecule has 1 atom stereocenters. The van der Waals surface area contributed by atoms with Crippen molar-refractivity contribution in [3.05, 3.63) is 65.0 Å². The molecule has 1 amide bonds. The molecule has 1 aromatic carbocycles. The van der Waals surface area contributed by atoms with Gasteiger partial charge in [0.2, 0.25) is 0 Å². The molecule has 1 unspecified atom stereocenters. The van der Waals surface area contributed by atoms with E-state index in [1.165, 1.54) is 0 Å². The number of halogens is 1. The summed E-state index contributed by atoms with van der Waals surface area (Å²) in [5.41, 5.74) is 1.04. The van der Waals surface area contributed by atoms with Gasteiger partial charge in [0, 0.05) is 25.5 Å². The fourth-order valence-electron chi connectivity index (χ4n) is 3.80. The summed E-state index contributed by atoms with van der Waals surface area (Å²) in [5.74, 6) is 1.61. The van der Waals surface area contributed by atoms with E-state index in [1.54, 1.807) is 43.9 Å². The average Bonchev–Trinajstić information content (AvgIpc) is 3.35. The molecule has 3 heterocycles. The van der Waals surface area contributed by atoms with Crippen molar-refractivity contribution in [1.82, 2.24) is 25.3 Å². The molecule has 3 aromatic rings. The van der Waals surface area contributed by atoms with E-state index in [4.69, 9.17) is 21.3 Å². The Kier molecular flexibility index (Phi) is 7.71. The van der Waals surface area contributed by atoms with Gasteiger partial charge in [-0.1, -0.05) is 17.7 Å². The summed E-state index contributed by atoms with van der Waals surface area (Å²) in [4.78, 5) is 32.3. The lowest BCUT2D eigenvalue weighted by atomic mass is 10.2. The van der Waals surface area contributed by atoms with Crippen molar-refractivity contribution in [2.45, 2.75) is 32.0 Å². The largest absolute Gasteiger partial charge is 0.495 e. The van der Waals surface area contributed by atoms with Crippen LogP contribution in [0, 0.1) is 0 Å². The standard InChI is InChI=1S/C23H26ClN7O3/c1-34-18-6-5-15(10-17(18)24)11-28-22-21(23(33)29-12-19-25-7-3-8-26-19)27-13-20(30-22)31-9-2-4-16(31)14-32/h3,5-8,10,13,16,32H,2,4,9,11-12,14H2,1H3,(H,28,30)(H,29,33). The van der Waals surface area contributed by atoms with Crippen LogP contribution in [0.25, 0.3) is 0 Å². The van der Waals surface area contributed by atoms with Crippen molar-refractivity contribution >= 4 is 29.1 Å². The normalized spacial score (nSPS) is 15.3. The summed E-state index contributed by atoms with van der Waals surface area (Å²) >= 11 is 6.25. The van der Waals surface area contributed by atoms with Gasteiger partial charge in [-0.05, 0) is 36.6 Å². The Balaban J connectivity index is 1.56. The molecule has 0 radical (unpaired) electrons. The molecule has 0 saturated carbocycles. The molecule has 4 rings (SSSR count). The predicted molar refractivity (Wildman–Crippen MR) is 128 cm³/mol. The minimum atomic E-state index is -0.401. The van der Waals surface area contributed by atoms with E-state index >= 15 is 0 Å². The number of anilines is 2. The molecule has 11 heteroatoms. The van der Waals surface area contributed by atoms with Crippen molar-refractivity contribution in [2.24, 2.45) is 0 Å². The molecule has 3 N–H and O–H groups in total. The van der Waals surface area contributed by atoms with E-state index in [0.29, 0.717) is 34.8 Å². The van der Waals surface area contributed by atoms with Gasteiger partial charge in [0.05, 0.1) is 37.5 Å². The van der Waals surface area contributed by atoms with Crippen molar-refractivity contribution in [1.29, 1.82) is 0 Å². The van der Waals surface area contributed by atoms with Crippen LogP contribution in [0.5, 0.6) is 5.75 Å². The van der Waals surface area contributed by atoms with Crippen LogP contribution >= 0.6 is 11.6 Å². The third kappa shape index (κ3) is 5.52. The highest BCUT2D eigenvalue weighted by molar-refractivity contribution is 6.32. The van der Waals surface area contributed by atoms with Gasteiger partial charge in [-0.25, -0.2) is 19.9 Å². The number of aliphatic hydroxyl groups excluding tert-OH is 1. The van der Waals surface area contributed by atoms with E-state index in [0.717, 1.165) is 24.9 Å². The topological polar surface area (TPSA) is 125 Å². The predicted octanol–water partition coefficient (Wildman–Crippen LogP) is 2.43. The SMILES string of the molecule is COc1ccc(CNc2nc(N3CCCC3CO)cnc2C(=O)NCc2ncccn2)cc1Cl. The summed E-state index contributed by atoms with van der Waals surface area (Å²) in [7, 11) is 1.56. The first-order chi connectivity index (χ1) is 16.6. The molecule has 0 aliphatic carbocycles. The maximum absolute atomic E-state index is 12.9. The van der Waals surface area contributed by atoms with Gasteiger partial charge in [0.25, 0.3) is 5.91 Å². The summed E-state index contributed by atoms with van der Waals surface area (Å²) in [5, 5.41) is 16.2. The van der Waals surface area contributed by atoms with E-state index in [2.05, 4.69) is 25.6 Å². The Hall–Kier alpha value is -3.50. The number of methoxy groups -OCH3 is 1. The van der Waals surface area contributed by atoms with Crippen LogP contribution in [0.3, 0.4) is 0 Å². The van der Waals surface area contributed by atoms with Gasteiger partial charge in [-0.3, -0.25) is 4.79 Å². The van der Waals surface area contributed by atoms with Crippen molar-refractivity contribution in [3.63, 3.8) is 0 Å². The summed E-state index contributed by atoms with van der Waals surface area (Å²) < 4.78 is 5.21. The molecule has 1 aliphatic rings. The number of aliphatic hydroxyl groups is 1. The van der Waals surface area contributed by atoms with E-state index in [9.17, 15) is 9.90 Å². The summed E-state index contributed by atoms with van der Waals surface area (Å²) in [6.45, 7) is 1.33. The second-order valence-electron chi connectivity index (χ2n) is 7.77. The first-order valence-electron chi connectivity index (χ1n) is 10.9. The minimum absolute atomic E-state index is 0.0162. The number of hydrogen-bond donors (Lipinski definition) is 3. The monoisotopic (exact) mass is 483 g/mol. The van der Waals surface area contributed by atoms with E-state index in [1.807, 2.05) is 11.0 Å². The lowest BCUT2D eigenvalue weighted by molar-refractivity contribution is 0.0945. The molecule has 1 aliphatic heterocycles. The number of ether oxygens (including phenoxy) is 1. The number of hydrogen-bond acceptors (Lipinski definition) is 9. The van der Waals surface area contributed by atoms with Gasteiger partial charge < -0.3 is 25.4 Å². The van der Waals surface area contributed by atoms with Gasteiger partial charge in [0.1, 0.15) is 17.4 Å². The molecule has 1 saturated heterocycles. The zero-order valence-electron chi connectivity index (χ0n) is 18.7. The highest BCUT2D eigenvalue weighted by Gasteiger charge is 2.26. The second kappa shape index (κ2) is 11.1. The van der Waals surface area contributed by atoms with Crippen LogP contribution in [0.2, 0.25) is 5.02 Å². The molecule has 34 heavy (non-hydrogen) atoms. The molecule has 10 nitrogen and oxygen atoms in total. The van der Waals surface area contributed by atoms with Crippen LogP contribution in [0.4, 0.5) is 11.6 Å². The molecule has 178 valence electrons. The molecule has 1 fully saturated rings. The van der Waals surface area contributed by atoms with Crippen molar-refractivity contribution in [3.8, 4) is 5.75 Å². The number of nitrogens with one attached hydrogen (secondary N) is 2. The van der Waals surface area contributed by atoms with Gasteiger partial charge in [-0.15, -0.1) is 0 Å². The zero-order valence-corrected chi connectivity index (χ0v) is 19.5. The van der Waals surface area contributed by atoms with Crippen LogP contribution < -0.4 is 20.3 Å². The number of aromatic nitrogens is 4. The number of nitrogens with zero attached hydrogens (tertiary/aromatic N) is 5. The Morgan fingerprint density at radius 2 is 2.09 bits per heavy atom.